The van der Waals surface area contributed by atoms with Gasteiger partial charge in [-0.3, -0.25) is 10.1 Å². The van der Waals surface area contributed by atoms with Crippen LogP contribution in [0.2, 0.25) is 0 Å². The van der Waals surface area contributed by atoms with Crippen LogP contribution in [0, 0.1) is 10.1 Å². The lowest BCUT2D eigenvalue weighted by Crippen LogP contribution is -2.58. The predicted octanol–water partition coefficient (Wildman–Crippen LogP) is 0.233. The lowest BCUT2D eigenvalue weighted by atomic mass is 9.99. The van der Waals surface area contributed by atoms with Crippen LogP contribution in [-0.4, -0.2) is 57.5 Å². The molecule has 4 N–H and O–H groups in total. The van der Waals surface area contributed by atoms with Gasteiger partial charge in [-0.1, -0.05) is 0 Å². The Bertz CT molecular complexity index is 568. The van der Waals surface area contributed by atoms with Crippen LogP contribution >= 0.6 is 0 Å². The van der Waals surface area contributed by atoms with Gasteiger partial charge in [0.05, 0.1) is 23.7 Å². The zero-order chi connectivity index (χ0) is 17.1. The van der Waals surface area contributed by atoms with E-state index >= 15 is 0 Å². The van der Waals surface area contributed by atoms with Crippen molar-refractivity contribution in [3.05, 3.63) is 28.3 Å². The third-order valence-corrected chi connectivity index (χ3v) is 3.63. The lowest BCUT2D eigenvalue weighted by Gasteiger charge is -2.39. The molecule has 1 aromatic carbocycles. The maximum absolute atomic E-state index is 11.2. The van der Waals surface area contributed by atoms with Crippen molar-refractivity contribution in [3.8, 4) is 5.75 Å². The van der Waals surface area contributed by atoms with E-state index in [-0.39, 0.29) is 11.4 Å². The van der Waals surface area contributed by atoms with E-state index in [1.165, 1.54) is 19.1 Å². The summed E-state index contributed by atoms with van der Waals surface area (Å²) in [6.45, 7) is 3.66. The van der Waals surface area contributed by atoms with Crippen molar-refractivity contribution in [3.63, 3.8) is 0 Å². The second-order valence-corrected chi connectivity index (χ2v) is 5.25. The number of nitrogens with one attached hydrogen (secondary N) is 1. The number of nitro groups is 1. The summed E-state index contributed by atoms with van der Waals surface area (Å²) >= 11 is 0. The number of anilines is 1. The summed E-state index contributed by atoms with van der Waals surface area (Å²) in [6, 6.07) is 4.24. The lowest BCUT2D eigenvalue weighted by molar-refractivity contribution is -0.384. The predicted molar refractivity (Wildman–Crippen MR) is 80.2 cm³/mol. The monoisotopic (exact) mass is 328 g/mol. The minimum absolute atomic E-state index is 0.110. The topological polar surface area (TPSA) is 134 Å². The number of hydrogen-bond acceptors (Lipinski definition) is 8. The van der Waals surface area contributed by atoms with Crippen LogP contribution in [0.3, 0.4) is 0 Å². The van der Waals surface area contributed by atoms with E-state index in [2.05, 4.69) is 5.32 Å². The highest BCUT2D eigenvalue weighted by atomic mass is 16.6. The van der Waals surface area contributed by atoms with Crippen molar-refractivity contribution in [2.75, 3.05) is 11.9 Å². The number of ether oxygens (including phenoxy) is 2. The molecule has 0 aromatic heterocycles. The van der Waals surface area contributed by atoms with Crippen LogP contribution in [0.1, 0.15) is 13.8 Å². The Labute approximate surface area is 132 Å². The van der Waals surface area contributed by atoms with Gasteiger partial charge < -0.3 is 30.1 Å². The molecule has 23 heavy (non-hydrogen) atoms. The average molecular weight is 328 g/mol. The molecular weight excluding hydrogens is 308 g/mol. The van der Waals surface area contributed by atoms with Crippen molar-refractivity contribution < 1.29 is 29.7 Å². The highest BCUT2D eigenvalue weighted by molar-refractivity contribution is 5.64. The van der Waals surface area contributed by atoms with E-state index in [9.17, 15) is 25.4 Å². The Kier molecular flexibility index (Phi) is 5.37. The third kappa shape index (κ3) is 3.70. The highest BCUT2D eigenvalue weighted by Gasteiger charge is 2.42. The first-order valence-electron chi connectivity index (χ1n) is 7.22. The summed E-state index contributed by atoms with van der Waals surface area (Å²) in [4.78, 5) is 10.6. The number of aliphatic hydroxyl groups excluding tert-OH is 3. The molecule has 2 rings (SSSR count). The van der Waals surface area contributed by atoms with Gasteiger partial charge in [-0.25, -0.2) is 0 Å². The van der Waals surface area contributed by atoms with Gasteiger partial charge in [-0.15, -0.1) is 0 Å². The third-order valence-electron chi connectivity index (χ3n) is 3.63. The van der Waals surface area contributed by atoms with Gasteiger partial charge in [0.25, 0.3) is 5.69 Å². The molecule has 5 atom stereocenters. The molecule has 0 saturated carbocycles. The molecule has 1 aromatic rings. The van der Waals surface area contributed by atoms with E-state index in [0.717, 1.165) is 0 Å². The van der Waals surface area contributed by atoms with E-state index < -0.39 is 35.6 Å². The number of rotatable bonds is 5. The van der Waals surface area contributed by atoms with E-state index in [4.69, 9.17) is 9.47 Å². The maximum atomic E-state index is 11.2. The van der Waals surface area contributed by atoms with Crippen molar-refractivity contribution in [1.82, 2.24) is 0 Å². The fourth-order valence-electron chi connectivity index (χ4n) is 2.36. The fourth-order valence-corrected chi connectivity index (χ4v) is 2.36. The van der Waals surface area contributed by atoms with Crippen molar-refractivity contribution >= 4 is 11.4 Å². The molecule has 0 bridgehead atoms. The van der Waals surface area contributed by atoms with E-state index in [0.29, 0.717) is 12.4 Å². The molecule has 9 nitrogen and oxygen atoms in total. The van der Waals surface area contributed by atoms with Gasteiger partial charge in [0.2, 0.25) is 0 Å². The number of aliphatic hydroxyl groups is 3. The molecule has 0 aliphatic carbocycles. The fraction of sp³-hybridized carbons (Fsp3) is 0.571. The summed E-state index contributed by atoms with van der Waals surface area (Å²) in [5.74, 6) is 0.346. The molecule has 0 spiro atoms. The van der Waals surface area contributed by atoms with Crippen LogP contribution in [0.5, 0.6) is 5.75 Å². The smallest absolute Gasteiger partial charge is 0.296 e. The van der Waals surface area contributed by atoms with E-state index in [1.807, 2.05) is 0 Å². The Hall–Kier alpha value is -1.94. The molecule has 0 unspecified atom stereocenters. The second-order valence-electron chi connectivity index (χ2n) is 5.25. The van der Waals surface area contributed by atoms with Crippen molar-refractivity contribution in [2.24, 2.45) is 0 Å². The first-order chi connectivity index (χ1) is 10.8. The highest BCUT2D eigenvalue weighted by Crippen LogP contribution is 2.31. The summed E-state index contributed by atoms with van der Waals surface area (Å²) in [5, 5.41) is 43.3. The van der Waals surface area contributed by atoms with Gasteiger partial charge in [0, 0.05) is 0 Å². The zero-order valence-corrected chi connectivity index (χ0v) is 12.7. The second kappa shape index (κ2) is 7.09. The Balaban J connectivity index is 2.23. The summed E-state index contributed by atoms with van der Waals surface area (Å²) in [7, 11) is 0. The molecule has 1 fully saturated rings. The van der Waals surface area contributed by atoms with Gasteiger partial charge in [0.1, 0.15) is 29.7 Å². The van der Waals surface area contributed by atoms with Crippen LogP contribution < -0.4 is 10.1 Å². The summed E-state index contributed by atoms with van der Waals surface area (Å²) in [6.07, 6.45) is -5.93. The zero-order valence-electron chi connectivity index (χ0n) is 12.7. The maximum Gasteiger partial charge on any atom is 0.296 e. The number of benzene rings is 1. The van der Waals surface area contributed by atoms with Crippen LogP contribution in [0.15, 0.2) is 18.2 Å². The van der Waals surface area contributed by atoms with Crippen LogP contribution in [-0.2, 0) is 4.74 Å². The van der Waals surface area contributed by atoms with Gasteiger partial charge in [-0.2, -0.15) is 0 Å². The Morgan fingerprint density at radius 1 is 1.30 bits per heavy atom. The number of nitrogens with zero attached hydrogens (tertiary/aromatic N) is 1. The SMILES string of the molecule is CCOc1ccc(N[C@@H]2O[C@H](C)[C@@H](O)[C@H](O)[C@@H]2O)c([N+](=O)[O-])c1. The average Bonchev–Trinajstić information content (AvgIpc) is 2.52. The number of nitro benzene ring substituents is 1. The van der Waals surface area contributed by atoms with Gasteiger partial charge in [0.15, 0.2) is 6.23 Å². The number of hydrogen-bond donors (Lipinski definition) is 4. The van der Waals surface area contributed by atoms with Crippen molar-refractivity contribution in [2.45, 2.75) is 44.5 Å². The molecule has 1 aliphatic rings. The molecule has 1 saturated heterocycles. The normalized spacial score (nSPS) is 30.7. The first kappa shape index (κ1) is 17.4. The molecular formula is C14H20N2O7. The van der Waals surface area contributed by atoms with Crippen molar-refractivity contribution in [1.29, 1.82) is 0 Å². The minimum Gasteiger partial charge on any atom is -0.494 e. The van der Waals surface area contributed by atoms with E-state index in [1.54, 1.807) is 13.0 Å². The Morgan fingerprint density at radius 2 is 2.00 bits per heavy atom. The standard InChI is InChI=1S/C14H20N2O7/c1-3-22-8-4-5-9(10(6-8)16(20)21)15-14-13(19)12(18)11(17)7(2)23-14/h4-7,11-15,17-19H,3H2,1-2H3/t7-,11-,12+,13+,14-/m1/s1. The minimum atomic E-state index is -1.44. The van der Waals surface area contributed by atoms with Gasteiger partial charge >= 0.3 is 0 Å². The van der Waals surface area contributed by atoms with Crippen LogP contribution in [0.4, 0.5) is 11.4 Å². The largest absolute Gasteiger partial charge is 0.494 e. The molecule has 9 heteroatoms. The molecule has 128 valence electrons. The first-order valence-corrected chi connectivity index (χ1v) is 7.22. The molecule has 0 radical (unpaired) electrons. The quantitative estimate of drug-likeness (QED) is 0.446. The molecule has 1 aliphatic heterocycles. The molecule has 1 heterocycles. The summed E-state index contributed by atoms with van der Waals surface area (Å²) in [5.41, 5.74) is -0.140. The Morgan fingerprint density at radius 3 is 2.61 bits per heavy atom. The molecule has 0 amide bonds. The summed E-state index contributed by atoms with van der Waals surface area (Å²) < 4.78 is 10.6. The van der Waals surface area contributed by atoms with Gasteiger partial charge in [-0.05, 0) is 26.0 Å². The van der Waals surface area contributed by atoms with Crippen LogP contribution in [0.25, 0.3) is 0 Å².